The van der Waals surface area contributed by atoms with E-state index in [1.807, 2.05) is 20.8 Å². The zero-order valence-electron chi connectivity index (χ0n) is 12.2. The molecule has 8 heteroatoms. The second-order valence-corrected chi connectivity index (χ2v) is 5.73. The second kappa shape index (κ2) is 8.23. The Hall–Kier alpha value is -1.99. The van der Waals surface area contributed by atoms with Gasteiger partial charge in [0.15, 0.2) is 0 Å². The van der Waals surface area contributed by atoms with Gasteiger partial charge in [-0.3, -0.25) is 4.79 Å². The molecular formula is C12H24N4O4. The van der Waals surface area contributed by atoms with Gasteiger partial charge in [0.25, 0.3) is 0 Å². The van der Waals surface area contributed by atoms with Crippen LogP contribution in [0.3, 0.4) is 0 Å². The Balaban J connectivity index is 4.00. The van der Waals surface area contributed by atoms with Crippen molar-refractivity contribution < 1.29 is 19.5 Å². The molecule has 116 valence electrons. The number of carbonyl (C=O) groups excluding carboxylic acids is 2. The minimum absolute atomic E-state index is 0.0572. The van der Waals surface area contributed by atoms with Crippen molar-refractivity contribution >= 4 is 18.0 Å². The Morgan fingerprint density at radius 2 is 1.65 bits per heavy atom. The molecule has 0 saturated heterocycles. The molecule has 8 nitrogen and oxygen atoms in total. The number of hydrogen-bond donors (Lipinski definition) is 5. The summed E-state index contributed by atoms with van der Waals surface area (Å²) in [7, 11) is 0. The van der Waals surface area contributed by atoms with Crippen LogP contribution in [0.1, 0.15) is 27.2 Å². The van der Waals surface area contributed by atoms with Gasteiger partial charge in [-0.25, -0.2) is 9.59 Å². The van der Waals surface area contributed by atoms with Gasteiger partial charge in [-0.2, -0.15) is 0 Å². The van der Waals surface area contributed by atoms with Gasteiger partial charge in [0.2, 0.25) is 0 Å². The van der Waals surface area contributed by atoms with Gasteiger partial charge in [-0.15, -0.1) is 0 Å². The smallest absolute Gasteiger partial charge is 0.314 e. The maximum Gasteiger partial charge on any atom is 0.314 e. The molecule has 0 aromatic carbocycles. The van der Waals surface area contributed by atoms with Crippen molar-refractivity contribution in [3.05, 3.63) is 0 Å². The molecule has 0 aliphatic heterocycles. The summed E-state index contributed by atoms with van der Waals surface area (Å²) in [6.45, 7) is 6.32. The average Bonchev–Trinajstić information content (AvgIpc) is 2.28. The molecule has 1 atom stereocenters. The third-order valence-electron chi connectivity index (χ3n) is 2.43. The van der Waals surface area contributed by atoms with E-state index >= 15 is 0 Å². The lowest BCUT2D eigenvalue weighted by atomic mass is 9.84. The van der Waals surface area contributed by atoms with Crippen LogP contribution in [-0.2, 0) is 4.79 Å². The largest absolute Gasteiger partial charge is 0.481 e. The Morgan fingerprint density at radius 3 is 2.10 bits per heavy atom. The van der Waals surface area contributed by atoms with Crippen LogP contribution in [0.5, 0.6) is 0 Å². The molecule has 0 spiro atoms. The Bertz CT molecular complexity index is 352. The minimum atomic E-state index is -0.935. The van der Waals surface area contributed by atoms with E-state index in [-0.39, 0.29) is 25.0 Å². The average molecular weight is 288 g/mol. The molecule has 20 heavy (non-hydrogen) atoms. The van der Waals surface area contributed by atoms with Crippen molar-refractivity contribution in [3.63, 3.8) is 0 Å². The van der Waals surface area contributed by atoms with Gasteiger partial charge in [0, 0.05) is 19.6 Å². The molecule has 0 aliphatic rings. The Kier molecular flexibility index (Phi) is 7.42. The zero-order valence-corrected chi connectivity index (χ0v) is 12.2. The van der Waals surface area contributed by atoms with Crippen molar-refractivity contribution in [1.29, 1.82) is 0 Å². The van der Waals surface area contributed by atoms with Crippen LogP contribution in [0.2, 0.25) is 0 Å². The molecule has 1 unspecified atom stereocenters. The van der Waals surface area contributed by atoms with E-state index in [4.69, 9.17) is 10.8 Å². The van der Waals surface area contributed by atoms with Crippen LogP contribution < -0.4 is 21.7 Å². The number of aliphatic carboxylic acids is 1. The molecule has 6 N–H and O–H groups in total. The summed E-state index contributed by atoms with van der Waals surface area (Å²) >= 11 is 0. The standard InChI is InChI=1S/C12H24N4O4/c1-12(2,3)6-8(9(17)18)7-16-11(20)15-5-4-14-10(13)19/h8H,4-7H2,1-3H3,(H,17,18)(H3,13,14,19)(H2,15,16,20). The van der Waals surface area contributed by atoms with Crippen molar-refractivity contribution in [2.75, 3.05) is 19.6 Å². The molecule has 0 rings (SSSR count). The van der Waals surface area contributed by atoms with Crippen LogP contribution >= 0.6 is 0 Å². The van der Waals surface area contributed by atoms with Crippen molar-refractivity contribution in [3.8, 4) is 0 Å². The lowest BCUT2D eigenvalue weighted by Gasteiger charge is -2.23. The first-order chi connectivity index (χ1) is 9.11. The summed E-state index contributed by atoms with van der Waals surface area (Å²) in [5.74, 6) is -1.57. The van der Waals surface area contributed by atoms with E-state index in [2.05, 4.69) is 16.0 Å². The van der Waals surface area contributed by atoms with E-state index in [1.165, 1.54) is 0 Å². The lowest BCUT2D eigenvalue weighted by Crippen LogP contribution is -2.43. The highest BCUT2D eigenvalue weighted by Gasteiger charge is 2.24. The van der Waals surface area contributed by atoms with Crippen molar-refractivity contribution in [2.45, 2.75) is 27.2 Å². The second-order valence-electron chi connectivity index (χ2n) is 5.73. The molecule has 0 aromatic heterocycles. The van der Waals surface area contributed by atoms with Crippen LogP contribution in [-0.4, -0.2) is 42.8 Å². The lowest BCUT2D eigenvalue weighted by molar-refractivity contribution is -0.142. The number of primary amides is 1. The number of nitrogens with two attached hydrogens (primary N) is 1. The fourth-order valence-electron chi connectivity index (χ4n) is 1.63. The number of carbonyl (C=O) groups is 3. The summed E-state index contributed by atoms with van der Waals surface area (Å²) in [5, 5.41) is 16.4. The Morgan fingerprint density at radius 1 is 1.10 bits per heavy atom. The van der Waals surface area contributed by atoms with Crippen molar-refractivity contribution in [2.24, 2.45) is 17.1 Å². The fraction of sp³-hybridized carbons (Fsp3) is 0.750. The van der Waals surface area contributed by atoms with Gasteiger partial charge in [0.05, 0.1) is 5.92 Å². The van der Waals surface area contributed by atoms with Crippen LogP contribution in [0.15, 0.2) is 0 Å². The van der Waals surface area contributed by atoms with E-state index < -0.39 is 23.9 Å². The third-order valence-corrected chi connectivity index (χ3v) is 2.43. The van der Waals surface area contributed by atoms with E-state index in [0.717, 1.165) is 0 Å². The third kappa shape index (κ3) is 9.98. The molecule has 0 radical (unpaired) electrons. The van der Waals surface area contributed by atoms with Gasteiger partial charge >= 0.3 is 18.0 Å². The maximum absolute atomic E-state index is 11.4. The normalized spacial score (nSPS) is 12.3. The zero-order chi connectivity index (χ0) is 15.8. The maximum atomic E-state index is 11.4. The van der Waals surface area contributed by atoms with E-state index in [0.29, 0.717) is 6.42 Å². The number of carboxylic acids is 1. The summed E-state index contributed by atoms with van der Waals surface area (Å²) in [4.78, 5) is 32.9. The van der Waals surface area contributed by atoms with E-state index in [1.54, 1.807) is 0 Å². The molecule has 4 amide bonds. The number of hydrogen-bond acceptors (Lipinski definition) is 3. The molecule has 0 bridgehead atoms. The van der Waals surface area contributed by atoms with Gasteiger partial charge in [0.1, 0.15) is 0 Å². The van der Waals surface area contributed by atoms with Crippen LogP contribution in [0, 0.1) is 11.3 Å². The molecular weight excluding hydrogens is 264 g/mol. The topological polar surface area (TPSA) is 134 Å². The number of amides is 4. The highest BCUT2D eigenvalue weighted by Crippen LogP contribution is 2.24. The monoisotopic (exact) mass is 288 g/mol. The molecule has 0 aliphatic carbocycles. The highest BCUT2D eigenvalue weighted by atomic mass is 16.4. The molecule has 0 heterocycles. The minimum Gasteiger partial charge on any atom is -0.481 e. The molecule has 0 fully saturated rings. The quantitative estimate of drug-likeness (QED) is 0.424. The summed E-state index contributed by atoms with van der Waals surface area (Å²) in [6.07, 6.45) is 0.464. The highest BCUT2D eigenvalue weighted by molar-refractivity contribution is 5.76. The summed E-state index contributed by atoms with van der Waals surface area (Å²) in [5.41, 5.74) is 4.72. The predicted octanol–water partition coefficient (Wildman–Crippen LogP) is 0.0909. The Labute approximate surface area is 118 Å². The van der Waals surface area contributed by atoms with Gasteiger partial charge < -0.3 is 26.8 Å². The SMILES string of the molecule is CC(C)(C)CC(CNC(=O)NCCNC(N)=O)C(=O)O. The first kappa shape index (κ1) is 18.0. The van der Waals surface area contributed by atoms with Crippen LogP contribution in [0.25, 0.3) is 0 Å². The summed E-state index contributed by atoms with van der Waals surface area (Å²) in [6, 6.07) is -1.14. The summed E-state index contributed by atoms with van der Waals surface area (Å²) < 4.78 is 0. The number of carboxylic acid groups (broad SMARTS) is 1. The van der Waals surface area contributed by atoms with Gasteiger partial charge in [-0.1, -0.05) is 20.8 Å². The van der Waals surface area contributed by atoms with Gasteiger partial charge in [-0.05, 0) is 11.8 Å². The molecule has 0 aromatic rings. The first-order valence-corrected chi connectivity index (χ1v) is 6.39. The van der Waals surface area contributed by atoms with E-state index in [9.17, 15) is 14.4 Å². The predicted molar refractivity (Wildman–Crippen MR) is 74.2 cm³/mol. The van der Waals surface area contributed by atoms with Crippen molar-refractivity contribution in [1.82, 2.24) is 16.0 Å². The number of nitrogens with one attached hydrogen (secondary N) is 3. The first-order valence-electron chi connectivity index (χ1n) is 6.39. The number of rotatable bonds is 7. The molecule has 0 saturated carbocycles. The fourth-order valence-corrected chi connectivity index (χ4v) is 1.63. The number of urea groups is 2. The van der Waals surface area contributed by atoms with Crippen LogP contribution in [0.4, 0.5) is 9.59 Å².